The first-order valence-corrected chi connectivity index (χ1v) is 4.99. The number of rotatable bonds is 3. The van der Waals surface area contributed by atoms with Gasteiger partial charge in [0.05, 0.1) is 0 Å². The minimum Gasteiger partial charge on any atom is -0.330 e. The number of hydrazine groups is 1. The van der Waals surface area contributed by atoms with E-state index in [1.807, 2.05) is 19.1 Å². The normalized spacial score (nSPS) is 9.62. The Morgan fingerprint density at radius 2 is 1.81 bits per heavy atom. The highest BCUT2D eigenvalue weighted by atomic mass is 16.2. The molecular formula is C11H15N3O2. The minimum atomic E-state index is -0.342. The Morgan fingerprint density at radius 1 is 1.19 bits per heavy atom. The molecular weight excluding hydrogens is 206 g/mol. The topological polar surface area (TPSA) is 84.2 Å². The van der Waals surface area contributed by atoms with E-state index in [-0.39, 0.29) is 24.8 Å². The van der Waals surface area contributed by atoms with E-state index in [1.165, 1.54) is 0 Å². The molecule has 5 nitrogen and oxygen atoms in total. The first-order chi connectivity index (χ1) is 7.63. The molecule has 0 atom stereocenters. The minimum absolute atomic E-state index is 0.189. The van der Waals surface area contributed by atoms with Gasteiger partial charge in [0.25, 0.3) is 5.91 Å². The molecule has 86 valence electrons. The lowest BCUT2D eigenvalue weighted by Crippen LogP contribution is -2.42. The lowest BCUT2D eigenvalue weighted by atomic mass is 10.1. The predicted octanol–water partition coefficient (Wildman–Crippen LogP) is 0.105. The summed E-state index contributed by atoms with van der Waals surface area (Å²) < 4.78 is 0. The van der Waals surface area contributed by atoms with Crippen LogP contribution in [0.25, 0.3) is 0 Å². The van der Waals surface area contributed by atoms with Gasteiger partial charge in [-0.2, -0.15) is 0 Å². The zero-order chi connectivity index (χ0) is 12.0. The number of nitrogens with two attached hydrogens (primary N) is 1. The van der Waals surface area contributed by atoms with Crippen LogP contribution in [0.4, 0.5) is 0 Å². The van der Waals surface area contributed by atoms with Gasteiger partial charge >= 0.3 is 0 Å². The molecule has 0 heterocycles. The van der Waals surface area contributed by atoms with Crippen LogP contribution < -0.4 is 16.6 Å². The van der Waals surface area contributed by atoms with Crippen LogP contribution in [-0.2, 0) is 4.79 Å². The van der Waals surface area contributed by atoms with Crippen LogP contribution in [0.3, 0.4) is 0 Å². The molecule has 5 heteroatoms. The first kappa shape index (κ1) is 12.2. The average molecular weight is 221 g/mol. The van der Waals surface area contributed by atoms with Gasteiger partial charge in [0, 0.05) is 18.5 Å². The van der Waals surface area contributed by atoms with Gasteiger partial charge < -0.3 is 5.73 Å². The molecule has 16 heavy (non-hydrogen) atoms. The molecule has 0 aliphatic carbocycles. The van der Waals surface area contributed by atoms with Crippen LogP contribution in [0, 0.1) is 6.92 Å². The van der Waals surface area contributed by atoms with Crippen LogP contribution in [0.1, 0.15) is 22.3 Å². The summed E-state index contributed by atoms with van der Waals surface area (Å²) in [5.74, 6) is -0.645. The Morgan fingerprint density at radius 3 is 2.38 bits per heavy atom. The van der Waals surface area contributed by atoms with E-state index in [4.69, 9.17) is 5.73 Å². The molecule has 1 aromatic carbocycles. The van der Waals surface area contributed by atoms with Gasteiger partial charge in [-0.15, -0.1) is 0 Å². The number of hydrogen-bond acceptors (Lipinski definition) is 3. The number of aryl methyl sites for hydroxylation is 1. The first-order valence-electron chi connectivity index (χ1n) is 4.99. The largest absolute Gasteiger partial charge is 0.330 e. The lowest BCUT2D eigenvalue weighted by Gasteiger charge is -2.06. The molecule has 0 saturated carbocycles. The second-order valence-corrected chi connectivity index (χ2v) is 3.41. The molecule has 4 N–H and O–H groups in total. The van der Waals surface area contributed by atoms with Crippen molar-refractivity contribution in [1.82, 2.24) is 10.9 Å². The van der Waals surface area contributed by atoms with Crippen LogP contribution in [0.15, 0.2) is 24.3 Å². The maximum absolute atomic E-state index is 11.5. The summed E-state index contributed by atoms with van der Waals surface area (Å²) in [6.07, 6.45) is 0.189. The van der Waals surface area contributed by atoms with Crippen molar-refractivity contribution in [3.63, 3.8) is 0 Å². The fraction of sp³-hybridized carbons (Fsp3) is 0.273. The molecule has 0 spiro atoms. The molecule has 1 aromatic rings. The lowest BCUT2D eigenvalue weighted by molar-refractivity contribution is -0.121. The number of carbonyl (C=O) groups excluding carboxylic acids is 2. The molecule has 0 aliphatic heterocycles. The van der Waals surface area contributed by atoms with Crippen molar-refractivity contribution in [2.45, 2.75) is 13.3 Å². The fourth-order valence-electron chi connectivity index (χ4n) is 1.10. The Bertz CT molecular complexity index is 373. The third-order valence-electron chi connectivity index (χ3n) is 2.00. The highest BCUT2D eigenvalue weighted by Crippen LogP contribution is 2.02. The second-order valence-electron chi connectivity index (χ2n) is 3.41. The van der Waals surface area contributed by atoms with Crippen LogP contribution in [0.2, 0.25) is 0 Å². The SMILES string of the molecule is Cc1ccc(C(=O)NNC(=O)CCN)cc1. The standard InChI is InChI=1S/C11H15N3O2/c1-8-2-4-9(5-3-8)11(16)14-13-10(15)6-7-12/h2-5H,6-7,12H2,1H3,(H,13,15)(H,14,16). The summed E-state index contributed by atoms with van der Waals surface area (Å²) in [7, 11) is 0. The van der Waals surface area contributed by atoms with Gasteiger partial charge in [-0.3, -0.25) is 20.4 Å². The van der Waals surface area contributed by atoms with Crippen LogP contribution in [0.5, 0.6) is 0 Å². The molecule has 0 aromatic heterocycles. The third-order valence-corrected chi connectivity index (χ3v) is 2.00. The van der Waals surface area contributed by atoms with E-state index in [0.717, 1.165) is 5.56 Å². The van der Waals surface area contributed by atoms with Gasteiger partial charge in [-0.05, 0) is 19.1 Å². The average Bonchev–Trinajstić information content (AvgIpc) is 2.27. The van der Waals surface area contributed by atoms with Crippen molar-refractivity contribution in [3.8, 4) is 0 Å². The van der Waals surface area contributed by atoms with Gasteiger partial charge in [0.2, 0.25) is 5.91 Å². The van der Waals surface area contributed by atoms with E-state index in [9.17, 15) is 9.59 Å². The second kappa shape index (κ2) is 5.87. The Hall–Kier alpha value is -1.88. The van der Waals surface area contributed by atoms with Crippen molar-refractivity contribution in [3.05, 3.63) is 35.4 Å². The zero-order valence-corrected chi connectivity index (χ0v) is 9.12. The van der Waals surface area contributed by atoms with Crippen molar-refractivity contribution in [2.75, 3.05) is 6.54 Å². The van der Waals surface area contributed by atoms with Crippen LogP contribution >= 0.6 is 0 Å². The van der Waals surface area contributed by atoms with Crippen molar-refractivity contribution >= 4 is 11.8 Å². The highest BCUT2D eigenvalue weighted by molar-refractivity contribution is 5.95. The predicted molar refractivity (Wildman–Crippen MR) is 60.5 cm³/mol. The maximum atomic E-state index is 11.5. The van der Waals surface area contributed by atoms with Gasteiger partial charge in [0.1, 0.15) is 0 Å². The molecule has 0 unspecified atom stereocenters. The quantitative estimate of drug-likeness (QED) is 0.633. The highest BCUT2D eigenvalue weighted by Gasteiger charge is 2.05. The summed E-state index contributed by atoms with van der Waals surface area (Å²) >= 11 is 0. The Balaban J connectivity index is 2.47. The number of amides is 2. The molecule has 0 bridgehead atoms. The summed E-state index contributed by atoms with van der Waals surface area (Å²) in [6.45, 7) is 2.19. The van der Waals surface area contributed by atoms with Crippen molar-refractivity contribution in [1.29, 1.82) is 0 Å². The molecule has 2 amide bonds. The monoisotopic (exact) mass is 221 g/mol. The number of carbonyl (C=O) groups is 2. The summed E-state index contributed by atoms with van der Waals surface area (Å²) in [5.41, 5.74) is 11.3. The Kier molecular flexibility index (Phi) is 4.47. The van der Waals surface area contributed by atoms with E-state index in [2.05, 4.69) is 10.9 Å². The zero-order valence-electron chi connectivity index (χ0n) is 9.12. The smallest absolute Gasteiger partial charge is 0.269 e. The molecule has 0 radical (unpaired) electrons. The van der Waals surface area contributed by atoms with Gasteiger partial charge in [-0.25, -0.2) is 0 Å². The molecule has 0 saturated heterocycles. The van der Waals surface area contributed by atoms with E-state index in [1.54, 1.807) is 12.1 Å². The van der Waals surface area contributed by atoms with Crippen LogP contribution in [-0.4, -0.2) is 18.4 Å². The number of hydrogen-bond donors (Lipinski definition) is 3. The summed E-state index contributed by atoms with van der Waals surface area (Å²) in [6, 6.07) is 7.05. The maximum Gasteiger partial charge on any atom is 0.269 e. The number of nitrogens with one attached hydrogen (secondary N) is 2. The molecule has 0 fully saturated rings. The van der Waals surface area contributed by atoms with E-state index < -0.39 is 0 Å². The van der Waals surface area contributed by atoms with Crippen molar-refractivity contribution < 1.29 is 9.59 Å². The van der Waals surface area contributed by atoms with E-state index >= 15 is 0 Å². The summed E-state index contributed by atoms with van der Waals surface area (Å²) in [4.78, 5) is 22.5. The van der Waals surface area contributed by atoms with Gasteiger partial charge in [-0.1, -0.05) is 17.7 Å². The number of benzene rings is 1. The molecule has 0 aliphatic rings. The Labute approximate surface area is 94.0 Å². The van der Waals surface area contributed by atoms with Crippen molar-refractivity contribution in [2.24, 2.45) is 5.73 Å². The molecule has 1 rings (SSSR count). The van der Waals surface area contributed by atoms with E-state index in [0.29, 0.717) is 5.56 Å². The fourth-order valence-corrected chi connectivity index (χ4v) is 1.10. The third kappa shape index (κ3) is 3.70. The van der Waals surface area contributed by atoms with Gasteiger partial charge in [0.15, 0.2) is 0 Å². The summed E-state index contributed by atoms with van der Waals surface area (Å²) in [5, 5.41) is 0.